The van der Waals surface area contributed by atoms with Gasteiger partial charge in [-0.3, -0.25) is 4.68 Å². The topological polar surface area (TPSA) is 43.8 Å². The van der Waals surface area contributed by atoms with E-state index in [1.807, 2.05) is 10.7 Å². The van der Waals surface area contributed by atoms with E-state index in [1.165, 1.54) is 18.2 Å². The smallest absolute Gasteiger partial charge is 0.128 e. The standard InChI is InChI=1S/C20H19F2N3/c21-15-10-8-13(9-11-15)20-19-17(23)6-3-7-18(19)25(24-20)12-14-4-1-2-5-16(14)22/h1-2,4-5,8-11,17H,3,6-7,12,23H2. The number of fused-ring (bicyclic) bond motifs is 1. The second-order valence-corrected chi connectivity index (χ2v) is 6.46. The average Bonchev–Trinajstić information content (AvgIpc) is 2.98. The maximum absolute atomic E-state index is 14.1. The van der Waals surface area contributed by atoms with Gasteiger partial charge in [-0.1, -0.05) is 18.2 Å². The zero-order valence-electron chi connectivity index (χ0n) is 13.8. The molecule has 0 bridgehead atoms. The van der Waals surface area contributed by atoms with Gasteiger partial charge in [0, 0.05) is 28.4 Å². The summed E-state index contributed by atoms with van der Waals surface area (Å²) in [4.78, 5) is 0. The van der Waals surface area contributed by atoms with Crippen LogP contribution in [0.25, 0.3) is 11.3 Å². The van der Waals surface area contributed by atoms with Crippen molar-refractivity contribution in [2.24, 2.45) is 5.73 Å². The van der Waals surface area contributed by atoms with Crippen LogP contribution in [-0.2, 0) is 13.0 Å². The number of aromatic nitrogens is 2. The predicted octanol–water partition coefficient (Wildman–Crippen LogP) is 4.21. The Morgan fingerprint density at radius 2 is 1.84 bits per heavy atom. The summed E-state index contributed by atoms with van der Waals surface area (Å²) < 4.78 is 29.2. The molecule has 1 aromatic heterocycles. The van der Waals surface area contributed by atoms with E-state index in [2.05, 4.69) is 0 Å². The monoisotopic (exact) mass is 339 g/mol. The van der Waals surface area contributed by atoms with Gasteiger partial charge in [0.15, 0.2) is 0 Å². The molecule has 0 spiro atoms. The van der Waals surface area contributed by atoms with E-state index in [-0.39, 0.29) is 17.7 Å². The molecule has 0 amide bonds. The van der Waals surface area contributed by atoms with Crippen LogP contribution >= 0.6 is 0 Å². The number of hydrogen-bond donors (Lipinski definition) is 1. The van der Waals surface area contributed by atoms with Crippen molar-refractivity contribution in [3.63, 3.8) is 0 Å². The van der Waals surface area contributed by atoms with E-state index in [0.717, 1.165) is 41.8 Å². The van der Waals surface area contributed by atoms with Crippen LogP contribution in [0.1, 0.15) is 35.7 Å². The summed E-state index contributed by atoms with van der Waals surface area (Å²) in [6.45, 7) is 0.364. The largest absolute Gasteiger partial charge is 0.324 e. The van der Waals surface area contributed by atoms with Gasteiger partial charge in [0.25, 0.3) is 0 Å². The fraction of sp³-hybridized carbons (Fsp3) is 0.250. The molecule has 5 heteroatoms. The van der Waals surface area contributed by atoms with Gasteiger partial charge in [0.05, 0.1) is 12.2 Å². The molecule has 1 aliphatic carbocycles. The quantitative estimate of drug-likeness (QED) is 0.777. The van der Waals surface area contributed by atoms with Crippen LogP contribution in [0.5, 0.6) is 0 Å². The van der Waals surface area contributed by atoms with Gasteiger partial charge in [-0.2, -0.15) is 5.10 Å². The lowest BCUT2D eigenvalue weighted by molar-refractivity contribution is 0.529. The van der Waals surface area contributed by atoms with Crippen LogP contribution in [0.3, 0.4) is 0 Å². The molecule has 1 heterocycles. The van der Waals surface area contributed by atoms with Crippen LogP contribution < -0.4 is 5.73 Å². The van der Waals surface area contributed by atoms with Crippen molar-refractivity contribution in [3.8, 4) is 11.3 Å². The van der Waals surface area contributed by atoms with Crippen LogP contribution in [0.4, 0.5) is 8.78 Å². The Kier molecular flexibility index (Phi) is 4.09. The maximum atomic E-state index is 14.1. The second kappa shape index (κ2) is 6.41. The van der Waals surface area contributed by atoms with Crippen molar-refractivity contribution in [3.05, 3.63) is 77.0 Å². The normalized spacial score (nSPS) is 16.7. The summed E-state index contributed by atoms with van der Waals surface area (Å²) in [6, 6.07) is 12.9. The molecule has 1 unspecified atom stereocenters. The molecule has 0 saturated carbocycles. The number of halogens is 2. The zero-order valence-corrected chi connectivity index (χ0v) is 13.8. The molecule has 2 N–H and O–H groups in total. The Labute approximate surface area is 145 Å². The minimum Gasteiger partial charge on any atom is -0.324 e. The number of nitrogens with two attached hydrogens (primary N) is 1. The molecular formula is C20H19F2N3. The first-order valence-electron chi connectivity index (χ1n) is 8.48. The maximum Gasteiger partial charge on any atom is 0.128 e. The molecule has 0 saturated heterocycles. The minimum absolute atomic E-state index is 0.0989. The van der Waals surface area contributed by atoms with E-state index in [1.54, 1.807) is 24.3 Å². The van der Waals surface area contributed by atoms with Crippen molar-refractivity contribution < 1.29 is 8.78 Å². The van der Waals surface area contributed by atoms with Crippen molar-refractivity contribution >= 4 is 0 Å². The molecule has 4 rings (SSSR count). The lowest BCUT2D eigenvalue weighted by atomic mass is 9.89. The minimum atomic E-state index is -0.285. The highest BCUT2D eigenvalue weighted by atomic mass is 19.1. The van der Waals surface area contributed by atoms with Gasteiger partial charge in [-0.05, 0) is 49.6 Å². The van der Waals surface area contributed by atoms with Gasteiger partial charge in [0.1, 0.15) is 11.6 Å². The van der Waals surface area contributed by atoms with Crippen LogP contribution in [0.15, 0.2) is 48.5 Å². The summed E-state index contributed by atoms with van der Waals surface area (Å²) in [5, 5.41) is 4.73. The van der Waals surface area contributed by atoms with Crippen LogP contribution in [0.2, 0.25) is 0 Å². The highest BCUT2D eigenvalue weighted by Gasteiger charge is 2.27. The van der Waals surface area contributed by atoms with Crippen molar-refractivity contribution in [1.82, 2.24) is 9.78 Å². The van der Waals surface area contributed by atoms with Gasteiger partial charge < -0.3 is 5.73 Å². The lowest BCUT2D eigenvalue weighted by Gasteiger charge is -2.20. The van der Waals surface area contributed by atoms with E-state index < -0.39 is 0 Å². The third kappa shape index (κ3) is 2.96. The molecule has 2 aromatic carbocycles. The van der Waals surface area contributed by atoms with Crippen LogP contribution in [-0.4, -0.2) is 9.78 Å². The highest BCUT2D eigenvalue weighted by molar-refractivity contribution is 5.65. The average molecular weight is 339 g/mol. The molecular weight excluding hydrogens is 320 g/mol. The van der Waals surface area contributed by atoms with Gasteiger partial charge >= 0.3 is 0 Å². The number of hydrogen-bond acceptors (Lipinski definition) is 2. The number of rotatable bonds is 3. The molecule has 3 nitrogen and oxygen atoms in total. The molecule has 1 atom stereocenters. The summed E-state index contributed by atoms with van der Waals surface area (Å²) in [5.41, 5.74) is 10.6. The Morgan fingerprint density at radius 1 is 1.08 bits per heavy atom. The third-order valence-corrected chi connectivity index (χ3v) is 4.79. The van der Waals surface area contributed by atoms with Gasteiger partial charge in [0.2, 0.25) is 0 Å². The fourth-order valence-corrected chi connectivity index (χ4v) is 3.54. The molecule has 0 aliphatic heterocycles. The summed E-state index contributed by atoms with van der Waals surface area (Å²) in [7, 11) is 0. The van der Waals surface area contributed by atoms with E-state index in [4.69, 9.17) is 10.8 Å². The zero-order chi connectivity index (χ0) is 17.4. The van der Waals surface area contributed by atoms with E-state index in [0.29, 0.717) is 12.1 Å². The van der Waals surface area contributed by atoms with Gasteiger partial charge in [-0.15, -0.1) is 0 Å². The highest BCUT2D eigenvalue weighted by Crippen LogP contribution is 2.36. The first-order chi connectivity index (χ1) is 12.1. The molecule has 0 radical (unpaired) electrons. The Morgan fingerprint density at radius 3 is 2.60 bits per heavy atom. The molecule has 0 fully saturated rings. The Balaban J connectivity index is 1.82. The third-order valence-electron chi connectivity index (χ3n) is 4.79. The SMILES string of the molecule is NC1CCCc2c1c(-c1ccc(F)cc1)nn2Cc1ccccc1F. The fourth-order valence-electron chi connectivity index (χ4n) is 3.54. The first kappa shape index (κ1) is 16.0. The van der Waals surface area contributed by atoms with E-state index in [9.17, 15) is 8.78 Å². The lowest BCUT2D eigenvalue weighted by Crippen LogP contribution is -2.19. The van der Waals surface area contributed by atoms with Crippen molar-refractivity contribution in [1.29, 1.82) is 0 Å². The molecule has 1 aliphatic rings. The van der Waals surface area contributed by atoms with Crippen molar-refractivity contribution in [2.45, 2.75) is 31.8 Å². The Hall–Kier alpha value is -2.53. The number of benzene rings is 2. The molecule has 25 heavy (non-hydrogen) atoms. The second-order valence-electron chi connectivity index (χ2n) is 6.46. The summed E-state index contributed by atoms with van der Waals surface area (Å²) >= 11 is 0. The summed E-state index contributed by atoms with van der Waals surface area (Å²) in [5.74, 6) is -0.525. The molecule has 128 valence electrons. The first-order valence-corrected chi connectivity index (χ1v) is 8.48. The Bertz CT molecular complexity index is 900. The molecule has 3 aromatic rings. The number of nitrogens with zero attached hydrogens (tertiary/aromatic N) is 2. The summed E-state index contributed by atoms with van der Waals surface area (Å²) in [6.07, 6.45) is 2.75. The van der Waals surface area contributed by atoms with Gasteiger partial charge in [-0.25, -0.2) is 8.78 Å². The predicted molar refractivity (Wildman–Crippen MR) is 93.0 cm³/mol. The van der Waals surface area contributed by atoms with E-state index >= 15 is 0 Å². The van der Waals surface area contributed by atoms with Crippen LogP contribution in [0, 0.1) is 11.6 Å². The van der Waals surface area contributed by atoms with Crippen molar-refractivity contribution in [2.75, 3.05) is 0 Å².